The second-order valence-corrected chi connectivity index (χ2v) is 5.66. The first kappa shape index (κ1) is 10.4. The van der Waals surface area contributed by atoms with Crippen LogP contribution in [0.25, 0.3) is 0 Å². The highest BCUT2D eigenvalue weighted by Crippen LogP contribution is 2.29. The van der Waals surface area contributed by atoms with Crippen LogP contribution in [0.3, 0.4) is 0 Å². The summed E-state index contributed by atoms with van der Waals surface area (Å²) in [5, 5.41) is 4.26. The molecule has 1 aliphatic rings. The van der Waals surface area contributed by atoms with Gasteiger partial charge in [-0.2, -0.15) is 5.10 Å². The average molecular weight is 306 g/mol. The fourth-order valence-corrected chi connectivity index (χ4v) is 2.30. The third kappa shape index (κ3) is 2.48. The molecule has 1 aromatic rings. The summed E-state index contributed by atoms with van der Waals surface area (Å²) in [5.74, 6) is 0. The lowest BCUT2D eigenvalue weighted by Crippen LogP contribution is -2.23. The van der Waals surface area contributed by atoms with Crippen LogP contribution in [0.1, 0.15) is 26.7 Å². The van der Waals surface area contributed by atoms with Gasteiger partial charge in [-0.1, -0.05) is 0 Å². The van der Waals surface area contributed by atoms with Gasteiger partial charge < -0.3 is 4.74 Å². The minimum absolute atomic E-state index is 0.0605. The van der Waals surface area contributed by atoms with E-state index in [0.29, 0.717) is 6.10 Å². The van der Waals surface area contributed by atoms with Crippen molar-refractivity contribution in [1.29, 1.82) is 0 Å². The van der Waals surface area contributed by atoms with E-state index in [4.69, 9.17) is 4.74 Å². The van der Waals surface area contributed by atoms with Crippen LogP contribution in [0.15, 0.2) is 12.4 Å². The summed E-state index contributed by atoms with van der Waals surface area (Å²) >= 11 is 2.27. The standard InChI is InChI=1S/C10H15IN2O/c1-10(2)4-3-9(14-10)7-13-6-8(11)5-12-13/h5-6,9H,3-4,7H2,1-2H3. The Morgan fingerprint density at radius 1 is 1.71 bits per heavy atom. The van der Waals surface area contributed by atoms with E-state index in [2.05, 4.69) is 47.7 Å². The SMILES string of the molecule is CC1(C)CCC(Cn2cc(I)cn2)O1. The Morgan fingerprint density at radius 2 is 2.50 bits per heavy atom. The molecular formula is C10H15IN2O. The predicted molar refractivity (Wildman–Crippen MR) is 63.1 cm³/mol. The van der Waals surface area contributed by atoms with Crippen LogP contribution in [0.5, 0.6) is 0 Å². The first-order valence-electron chi connectivity index (χ1n) is 4.91. The monoisotopic (exact) mass is 306 g/mol. The van der Waals surface area contributed by atoms with Gasteiger partial charge >= 0.3 is 0 Å². The van der Waals surface area contributed by atoms with Crippen molar-refractivity contribution in [2.45, 2.75) is 44.9 Å². The van der Waals surface area contributed by atoms with Crippen LogP contribution in [0.2, 0.25) is 0 Å². The van der Waals surface area contributed by atoms with Gasteiger partial charge in [-0.3, -0.25) is 4.68 Å². The summed E-state index contributed by atoms with van der Waals surface area (Å²) in [6, 6.07) is 0. The topological polar surface area (TPSA) is 27.1 Å². The molecule has 1 atom stereocenters. The summed E-state index contributed by atoms with van der Waals surface area (Å²) in [7, 11) is 0. The highest BCUT2D eigenvalue weighted by atomic mass is 127. The van der Waals surface area contributed by atoms with E-state index in [1.165, 1.54) is 3.57 Å². The zero-order valence-electron chi connectivity index (χ0n) is 8.53. The maximum atomic E-state index is 5.90. The molecule has 4 heteroatoms. The third-order valence-corrected chi connectivity index (χ3v) is 3.10. The Hall–Kier alpha value is -0.100. The second-order valence-electron chi connectivity index (χ2n) is 4.42. The number of aromatic nitrogens is 2. The van der Waals surface area contributed by atoms with E-state index < -0.39 is 0 Å². The lowest BCUT2D eigenvalue weighted by Gasteiger charge is -2.19. The molecule has 1 unspecified atom stereocenters. The summed E-state index contributed by atoms with van der Waals surface area (Å²) in [6.07, 6.45) is 6.55. The molecule has 0 aromatic carbocycles. The Labute approximate surface area is 98.0 Å². The first-order valence-corrected chi connectivity index (χ1v) is 5.99. The molecule has 78 valence electrons. The number of hydrogen-bond acceptors (Lipinski definition) is 2. The van der Waals surface area contributed by atoms with Gasteiger partial charge in [-0.15, -0.1) is 0 Å². The molecule has 1 aliphatic heterocycles. The van der Waals surface area contributed by atoms with Gasteiger partial charge in [0.1, 0.15) is 0 Å². The number of nitrogens with zero attached hydrogens (tertiary/aromatic N) is 2. The van der Waals surface area contributed by atoms with Crippen LogP contribution >= 0.6 is 22.6 Å². The van der Waals surface area contributed by atoms with Crippen molar-refractivity contribution in [1.82, 2.24) is 9.78 Å². The van der Waals surface area contributed by atoms with Crippen LogP contribution in [0.4, 0.5) is 0 Å². The molecule has 0 N–H and O–H groups in total. The molecule has 1 aromatic heterocycles. The molecule has 1 fully saturated rings. The van der Waals surface area contributed by atoms with Gasteiger partial charge in [-0.05, 0) is 49.3 Å². The van der Waals surface area contributed by atoms with E-state index in [1.54, 1.807) is 0 Å². The van der Waals surface area contributed by atoms with Crippen LogP contribution in [0, 0.1) is 3.57 Å². The zero-order chi connectivity index (χ0) is 10.2. The lowest BCUT2D eigenvalue weighted by atomic mass is 10.1. The van der Waals surface area contributed by atoms with Crippen molar-refractivity contribution in [2.75, 3.05) is 0 Å². The van der Waals surface area contributed by atoms with E-state index in [0.717, 1.165) is 19.4 Å². The highest BCUT2D eigenvalue weighted by Gasteiger charge is 2.31. The first-order chi connectivity index (χ1) is 6.55. The van der Waals surface area contributed by atoms with Crippen LogP contribution < -0.4 is 0 Å². The van der Waals surface area contributed by atoms with Gasteiger partial charge in [-0.25, -0.2) is 0 Å². The minimum atomic E-state index is 0.0605. The normalized spacial score (nSPS) is 25.5. The van der Waals surface area contributed by atoms with Crippen molar-refractivity contribution >= 4 is 22.6 Å². The molecule has 0 spiro atoms. The number of halogens is 1. The summed E-state index contributed by atoms with van der Waals surface area (Å²) < 4.78 is 9.05. The van der Waals surface area contributed by atoms with Crippen molar-refractivity contribution < 1.29 is 4.74 Å². The highest BCUT2D eigenvalue weighted by molar-refractivity contribution is 14.1. The van der Waals surface area contributed by atoms with Gasteiger partial charge in [0.05, 0.1) is 28.0 Å². The molecule has 3 nitrogen and oxygen atoms in total. The maximum Gasteiger partial charge on any atom is 0.0779 e. The molecular weight excluding hydrogens is 291 g/mol. The number of rotatable bonds is 2. The fourth-order valence-electron chi connectivity index (χ4n) is 1.85. The Morgan fingerprint density at radius 3 is 3.00 bits per heavy atom. The maximum absolute atomic E-state index is 5.90. The van der Waals surface area contributed by atoms with Crippen LogP contribution in [-0.4, -0.2) is 21.5 Å². The molecule has 2 heterocycles. The van der Waals surface area contributed by atoms with Gasteiger partial charge in [0, 0.05) is 6.20 Å². The molecule has 0 bridgehead atoms. The van der Waals surface area contributed by atoms with Crippen LogP contribution in [-0.2, 0) is 11.3 Å². The fraction of sp³-hybridized carbons (Fsp3) is 0.700. The zero-order valence-corrected chi connectivity index (χ0v) is 10.7. The van der Waals surface area contributed by atoms with Crippen molar-refractivity contribution in [3.05, 3.63) is 16.0 Å². The van der Waals surface area contributed by atoms with Crippen molar-refractivity contribution in [3.8, 4) is 0 Å². The van der Waals surface area contributed by atoms with E-state index >= 15 is 0 Å². The van der Waals surface area contributed by atoms with Gasteiger partial charge in [0.2, 0.25) is 0 Å². The molecule has 0 amide bonds. The Kier molecular flexibility index (Phi) is 2.83. The van der Waals surface area contributed by atoms with Crippen molar-refractivity contribution in [2.24, 2.45) is 0 Å². The molecule has 14 heavy (non-hydrogen) atoms. The van der Waals surface area contributed by atoms with Gasteiger partial charge in [0.25, 0.3) is 0 Å². The largest absolute Gasteiger partial charge is 0.370 e. The minimum Gasteiger partial charge on any atom is -0.370 e. The average Bonchev–Trinajstić information content (AvgIpc) is 2.59. The van der Waals surface area contributed by atoms with Gasteiger partial charge in [0.15, 0.2) is 0 Å². The second kappa shape index (κ2) is 3.81. The number of ether oxygens (including phenoxy) is 1. The van der Waals surface area contributed by atoms with E-state index in [-0.39, 0.29) is 5.60 Å². The quantitative estimate of drug-likeness (QED) is 0.785. The lowest BCUT2D eigenvalue weighted by molar-refractivity contribution is -0.0229. The van der Waals surface area contributed by atoms with Crippen molar-refractivity contribution in [3.63, 3.8) is 0 Å². The molecule has 0 aliphatic carbocycles. The third-order valence-electron chi connectivity index (χ3n) is 2.55. The smallest absolute Gasteiger partial charge is 0.0779 e. The summed E-state index contributed by atoms with van der Waals surface area (Å²) in [4.78, 5) is 0. The molecule has 2 rings (SSSR count). The molecule has 1 saturated heterocycles. The molecule has 0 saturated carbocycles. The molecule has 0 radical (unpaired) electrons. The Bertz CT molecular complexity index is 322. The predicted octanol–water partition coefficient (Wildman–Crippen LogP) is 2.45. The summed E-state index contributed by atoms with van der Waals surface area (Å²) in [6.45, 7) is 5.19. The van der Waals surface area contributed by atoms with E-state index in [1.807, 2.05) is 10.9 Å². The Balaban J connectivity index is 1.94. The van der Waals surface area contributed by atoms with E-state index in [9.17, 15) is 0 Å². The number of hydrogen-bond donors (Lipinski definition) is 0. The summed E-state index contributed by atoms with van der Waals surface area (Å²) in [5.41, 5.74) is 0.0605.